The summed E-state index contributed by atoms with van der Waals surface area (Å²) in [6.07, 6.45) is 1.60. The van der Waals surface area contributed by atoms with Gasteiger partial charge in [-0.3, -0.25) is 14.6 Å². The van der Waals surface area contributed by atoms with Crippen molar-refractivity contribution in [3.63, 3.8) is 0 Å². The molecule has 1 aromatic carbocycles. The van der Waals surface area contributed by atoms with Gasteiger partial charge in [0.15, 0.2) is 0 Å². The molecule has 2 N–H and O–H groups in total. The maximum absolute atomic E-state index is 11.6. The molecule has 0 unspecified atom stereocenters. The number of nitrogens with zero attached hydrogens (tertiary/aromatic N) is 1. The predicted molar refractivity (Wildman–Crippen MR) is 87.5 cm³/mol. The van der Waals surface area contributed by atoms with Crippen molar-refractivity contribution >= 4 is 40.9 Å². The fraction of sp³-hybridized carbons (Fsp3) is 0.133. The maximum Gasteiger partial charge on any atom is 0.269 e. The summed E-state index contributed by atoms with van der Waals surface area (Å²) in [6.45, 7) is 0. The van der Waals surface area contributed by atoms with Crippen molar-refractivity contribution in [3.8, 4) is 0 Å². The summed E-state index contributed by atoms with van der Waals surface area (Å²) in [7, 11) is 1.57. The number of hydrogen-bond acceptors (Lipinski definition) is 4. The average molecular weight is 336 g/mol. The fourth-order valence-electron chi connectivity index (χ4n) is 1.66. The van der Waals surface area contributed by atoms with E-state index in [-0.39, 0.29) is 17.7 Å². The zero-order valence-electron chi connectivity index (χ0n) is 11.8. The first-order chi connectivity index (χ1) is 10.6. The highest BCUT2D eigenvalue weighted by Gasteiger charge is 2.06. The quantitative estimate of drug-likeness (QED) is 0.824. The third-order valence-electron chi connectivity index (χ3n) is 2.69. The monoisotopic (exact) mass is 335 g/mol. The van der Waals surface area contributed by atoms with E-state index in [2.05, 4.69) is 15.6 Å². The summed E-state index contributed by atoms with van der Waals surface area (Å²) >= 11 is 6.94. The van der Waals surface area contributed by atoms with Gasteiger partial charge >= 0.3 is 0 Å². The first-order valence-corrected chi connectivity index (χ1v) is 7.79. The van der Waals surface area contributed by atoms with E-state index in [0.717, 1.165) is 9.79 Å². The predicted octanol–water partition coefficient (Wildman–Crippen LogP) is 2.77. The molecule has 2 rings (SSSR count). The Morgan fingerprint density at radius 3 is 2.55 bits per heavy atom. The second-order valence-corrected chi connectivity index (χ2v) is 5.68. The van der Waals surface area contributed by atoms with E-state index in [4.69, 9.17) is 11.6 Å². The average Bonchev–Trinajstić information content (AvgIpc) is 2.56. The molecule has 0 aliphatic heterocycles. The van der Waals surface area contributed by atoms with E-state index >= 15 is 0 Å². The summed E-state index contributed by atoms with van der Waals surface area (Å²) in [5.41, 5.74) is 1.06. The molecule has 2 aromatic rings. The molecule has 22 heavy (non-hydrogen) atoms. The molecule has 0 saturated carbocycles. The zero-order valence-corrected chi connectivity index (χ0v) is 13.4. The second kappa shape index (κ2) is 7.82. The summed E-state index contributed by atoms with van der Waals surface area (Å²) in [6, 6.07) is 10.9. The molecule has 0 saturated heterocycles. The topological polar surface area (TPSA) is 71.1 Å². The number of alkyl halides is 1. The van der Waals surface area contributed by atoms with Crippen LogP contribution in [0, 0.1) is 0 Å². The van der Waals surface area contributed by atoms with Crippen molar-refractivity contribution in [3.05, 3.63) is 48.3 Å². The van der Waals surface area contributed by atoms with Crippen LogP contribution in [0.4, 0.5) is 5.69 Å². The first kappa shape index (κ1) is 16.3. The van der Waals surface area contributed by atoms with E-state index in [1.165, 1.54) is 11.8 Å². The van der Waals surface area contributed by atoms with Crippen molar-refractivity contribution in [1.29, 1.82) is 0 Å². The van der Waals surface area contributed by atoms with Crippen LogP contribution in [0.5, 0.6) is 0 Å². The van der Waals surface area contributed by atoms with Gasteiger partial charge in [0.1, 0.15) is 11.6 Å². The highest BCUT2D eigenvalue weighted by atomic mass is 35.5. The van der Waals surface area contributed by atoms with E-state index in [1.54, 1.807) is 31.4 Å². The molecule has 2 amide bonds. The molecule has 0 radical (unpaired) electrons. The summed E-state index contributed by atoms with van der Waals surface area (Å²) in [5, 5.41) is 5.21. The molecule has 1 heterocycles. The number of pyridine rings is 1. The molecule has 5 nitrogen and oxygen atoms in total. The van der Waals surface area contributed by atoms with Gasteiger partial charge in [0.25, 0.3) is 5.91 Å². The summed E-state index contributed by atoms with van der Waals surface area (Å²) in [5.74, 6) is -0.538. The van der Waals surface area contributed by atoms with Crippen LogP contribution in [0.25, 0.3) is 0 Å². The number of carbonyl (C=O) groups is 2. The van der Waals surface area contributed by atoms with Gasteiger partial charge in [-0.15, -0.1) is 11.6 Å². The van der Waals surface area contributed by atoms with Crippen molar-refractivity contribution in [1.82, 2.24) is 10.3 Å². The molecular formula is C15H14ClN3O2S. The standard InChI is InChI=1S/C15H14ClN3O2S/c1-17-15(21)13-8-12(6-7-18-13)22-11-4-2-10(3-5-11)19-14(20)9-16/h2-8H,9H2,1H3,(H,17,21)(H,19,20). The Bertz CT molecular complexity index is 677. The minimum absolute atomic E-state index is 0.0736. The van der Waals surface area contributed by atoms with E-state index < -0.39 is 0 Å². The Morgan fingerprint density at radius 1 is 1.18 bits per heavy atom. The van der Waals surface area contributed by atoms with Crippen LogP contribution in [-0.2, 0) is 4.79 Å². The number of halogens is 1. The van der Waals surface area contributed by atoms with Gasteiger partial charge < -0.3 is 10.6 Å². The van der Waals surface area contributed by atoms with E-state index in [1.807, 2.05) is 18.2 Å². The number of anilines is 1. The SMILES string of the molecule is CNC(=O)c1cc(Sc2ccc(NC(=O)CCl)cc2)ccn1. The zero-order chi connectivity index (χ0) is 15.9. The molecule has 7 heteroatoms. The molecule has 0 bridgehead atoms. The minimum Gasteiger partial charge on any atom is -0.354 e. The molecule has 0 aliphatic rings. The van der Waals surface area contributed by atoms with Gasteiger partial charge in [0.05, 0.1) is 0 Å². The van der Waals surface area contributed by atoms with Crippen LogP contribution < -0.4 is 10.6 Å². The number of aromatic nitrogens is 1. The highest BCUT2D eigenvalue weighted by Crippen LogP contribution is 2.28. The van der Waals surface area contributed by atoms with Gasteiger partial charge in [-0.1, -0.05) is 11.8 Å². The van der Waals surface area contributed by atoms with Crippen LogP contribution >= 0.6 is 23.4 Å². The molecule has 0 atom stereocenters. The lowest BCUT2D eigenvalue weighted by atomic mass is 10.3. The number of benzene rings is 1. The van der Waals surface area contributed by atoms with Crippen molar-refractivity contribution < 1.29 is 9.59 Å². The smallest absolute Gasteiger partial charge is 0.269 e. The first-order valence-electron chi connectivity index (χ1n) is 6.44. The normalized spacial score (nSPS) is 10.1. The van der Waals surface area contributed by atoms with Crippen LogP contribution in [0.3, 0.4) is 0 Å². The molecule has 1 aromatic heterocycles. The third kappa shape index (κ3) is 4.47. The van der Waals surface area contributed by atoms with Crippen molar-refractivity contribution in [2.24, 2.45) is 0 Å². The Morgan fingerprint density at radius 2 is 1.91 bits per heavy atom. The number of amides is 2. The lowest BCUT2D eigenvalue weighted by Crippen LogP contribution is -2.18. The van der Waals surface area contributed by atoms with Crippen LogP contribution in [0.15, 0.2) is 52.4 Å². The van der Waals surface area contributed by atoms with Crippen LogP contribution in [0.2, 0.25) is 0 Å². The summed E-state index contributed by atoms with van der Waals surface area (Å²) < 4.78 is 0. The van der Waals surface area contributed by atoms with Gasteiger partial charge in [-0.25, -0.2) is 0 Å². The summed E-state index contributed by atoms with van der Waals surface area (Å²) in [4.78, 5) is 28.7. The maximum atomic E-state index is 11.6. The molecule has 0 aliphatic carbocycles. The molecule has 0 spiro atoms. The minimum atomic E-state index is -0.244. The van der Waals surface area contributed by atoms with Gasteiger partial charge in [-0.05, 0) is 36.4 Å². The van der Waals surface area contributed by atoms with E-state index in [0.29, 0.717) is 11.4 Å². The Labute approximate surface area is 137 Å². The van der Waals surface area contributed by atoms with E-state index in [9.17, 15) is 9.59 Å². The second-order valence-electron chi connectivity index (χ2n) is 4.26. The number of rotatable bonds is 5. The highest BCUT2D eigenvalue weighted by molar-refractivity contribution is 7.99. The third-order valence-corrected chi connectivity index (χ3v) is 3.93. The number of nitrogens with one attached hydrogen (secondary N) is 2. The number of carbonyl (C=O) groups excluding carboxylic acids is 2. The Kier molecular flexibility index (Phi) is 5.80. The van der Waals surface area contributed by atoms with Crippen molar-refractivity contribution in [2.75, 3.05) is 18.2 Å². The Hall–Kier alpha value is -2.05. The lowest BCUT2D eigenvalue weighted by Gasteiger charge is -2.06. The Balaban J connectivity index is 2.07. The van der Waals surface area contributed by atoms with Crippen LogP contribution in [0.1, 0.15) is 10.5 Å². The van der Waals surface area contributed by atoms with Gasteiger partial charge in [-0.2, -0.15) is 0 Å². The molecule has 114 valence electrons. The lowest BCUT2D eigenvalue weighted by molar-refractivity contribution is -0.113. The fourth-order valence-corrected chi connectivity index (χ4v) is 2.57. The van der Waals surface area contributed by atoms with Gasteiger partial charge in [0, 0.05) is 28.7 Å². The number of hydrogen-bond donors (Lipinski definition) is 2. The van der Waals surface area contributed by atoms with Crippen molar-refractivity contribution in [2.45, 2.75) is 9.79 Å². The molecule has 0 fully saturated rings. The van der Waals surface area contributed by atoms with Gasteiger partial charge in [0.2, 0.25) is 5.91 Å². The van der Waals surface area contributed by atoms with Crippen LogP contribution in [-0.4, -0.2) is 29.7 Å². The molecular weight excluding hydrogens is 322 g/mol. The largest absolute Gasteiger partial charge is 0.354 e.